The topological polar surface area (TPSA) is 106 Å². The standard InChI is InChI=1S/C28H24ClN5O2/c29-21-14-19-10-11-22(16-4-2-1-3-5-16)32-23(19)15-20(21)24-25-26(30)31-12-13-34(25)27(33-24)17-6-8-18(9-7-17)28(35)36/h1-5,10-15,17-18H,6-9H2,(H2,30,31)(H,35,36). The van der Waals surface area contributed by atoms with Gasteiger partial charge in [-0.15, -0.1) is 0 Å². The van der Waals surface area contributed by atoms with E-state index in [0.717, 1.165) is 46.4 Å². The zero-order chi connectivity index (χ0) is 24.8. The molecule has 0 radical (unpaired) electrons. The van der Waals surface area contributed by atoms with Crippen LogP contribution in [-0.4, -0.2) is 30.4 Å². The predicted octanol–water partition coefficient (Wildman–Crippen LogP) is 6.21. The van der Waals surface area contributed by atoms with Gasteiger partial charge in [0.05, 0.1) is 22.2 Å². The van der Waals surface area contributed by atoms with Gasteiger partial charge in [-0.25, -0.2) is 15.0 Å². The van der Waals surface area contributed by atoms with E-state index in [4.69, 9.17) is 27.3 Å². The molecule has 36 heavy (non-hydrogen) atoms. The summed E-state index contributed by atoms with van der Waals surface area (Å²) in [6.07, 6.45) is 6.30. The van der Waals surface area contributed by atoms with Gasteiger partial charge in [-0.2, -0.15) is 0 Å². The summed E-state index contributed by atoms with van der Waals surface area (Å²) >= 11 is 6.79. The fraction of sp³-hybridized carbons (Fsp3) is 0.214. The average Bonchev–Trinajstić information content (AvgIpc) is 3.29. The van der Waals surface area contributed by atoms with Crippen LogP contribution >= 0.6 is 11.6 Å². The van der Waals surface area contributed by atoms with E-state index in [1.54, 1.807) is 6.20 Å². The maximum Gasteiger partial charge on any atom is 0.306 e. The van der Waals surface area contributed by atoms with Crippen molar-refractivity contribution in [2.24, 2.45) is 5.92 Å². The number of nitrogen functional groups attached to an aromatic ring is 1. The highest BCUT2D eigenvalue weighted by molar-refractivity contribution is 6.34. The normalized spacial score (nSPS) is 18.0. The molecule has 8 heteroatoms. The molecule has 3 N–H and O–H groups in total. The summed E-state index contributed by atoms with van der Waals surface area (Å²) in [7, 11) is 0. The molecule has 0 amide bonds. The Bertz CT molecular complexity index is 1610. The molecule has 0 bridgehead atoms. The number of carbonyl (C=O) groups is 1. The zero-order valence-corrected chi connectivity index (χ0v) is 20.2. The summed E-state index contributed by atoms with van der Waals surface area (Å²) in [5.41, 5.74) is 11.2. The summed E-state index contributed by atoms with van der Waals surface area (Å²) < 4.78 is 1.98. The minimum Gasteiger partial charge on any atom is -0.481 e. The number of halogens is 1. The second kappa shape index (κ2) is 8.91. The van der Waals surface area contributed by atoms with Crippen LogP contribution in [0.3, 0.4) is 0 Å². The third-order valence-corrected chi connectivity index (χ3v) is 7.47. The van der Waals surface area contributed by atoms with Crippen LogP contribution in [0, 0.1) is 5.92 Å². The zero-order valence-electron chi connectivity index (χ0n) is 19.4. The molecule has 3 aromatic heterocycles. The third kappa shape index (κ3) is 3.85. The van der Waals surface area contributed by atoms with E-state index in [2.05, 4.69) is 4.98 Å². The van der Waals surface area contributed by atoms with Gasteiger partial charge in [0.25, 0.3) is 0 Å². The number of carboxylic acid groups (broad SMARTS) is 1. The summed E-state index contributed by atoms with van der Waals surface area (Å²) in [6, 6.07) is 17.9. The number of aliphatic carboxylic acids is 1. The molecule has 5 aromatic rings. The van der Waals surface area contributed by atoms with Gasteiger partial charge in [0.2, 0.25) is 0 Å². The molecule has 1 fully saturated rings. The van der Waals surface area contributed by atoms with Crippen LogP contribution in [-0.2, 0) is 4.79 Å². The Morgan fingerprint density at radius 1 is 1.03 bits per heavy atom. The molecule has 0 atom stereocenters. The first-order chi connectivity index (χ1) is 17.5. The van der Waals surface area contributed by atoms with E-state index in [-0.39, 0.29) is 11.8 Å². The number of pyridine rings is 1. The van der Waals surface area contributed by atoms with Gasteiger partial charge in [0, 0.05) is 34.8 Å². The van der Waals surface area contributed by atoms with E-state index in [1.165, 1.54) is 0 Å². The molecule has 180 valence electrons. The first kappa shape index (κ1) is 22.5. The van der Waals surface area contributed by atoms with Gasteiger partial charge in [-0.3, -0.25) is 9.20 Å². The van der Waals surface area contributed by atoms with Crippen molar-refractivity contribution < 1.29 is 9.90 Å². The number of rotatable bonds is 4. The highest BCUT2D eigenvalue weighted by atomic mass is 35.5. The Kier molecular flexibility index (Phi) is 5.57. The largest absolute Gasteiger partial charge is 0.481 e. The fourth-order valence-electron chi connectivity index (χ4n) is 5.26. The van der Waals surface area contributed by atoms with Crippen molar-refractivity contribution in [3.63, 3.8) is 0 Å². The summed E-state index contributed by atoms with van der Waals surface area (Å²) in [6.45, 7) is 0. The number of anilines is 1. The van der Waals surface area contributed by atoms with Crippen LogP contribution in [0.15, 0.2) is 67.0 Å². The number of nitrogens with zero attached hydrogens (tertiary/aromatic N) is 4. The van der Waals surface area contributed by atoms with Gasteiger partial charge in [-0.05, 0) is 43.9 Å². The molecule has 0 aliphatic heterocycles. The molecule has 2 aromatic carbocycles. The Labute approximate surface area is 212 Å². The van der Waals surface area contributed by atoms with Crippen molar-refractivity contribution in [3.05, 3.63) is 77.8 Å². The van der Waals surface area contributed by atoms with Gasteiger partial charge in [0.1, 0.15) is 22.9 Å². The average molecular weight is 498 g/mol. The monoisotopic (exact) mass is 497 g/mol. The lowest BCUT2D eigenvalue weighted by Gasteiger charge is -2.25. The fourth-order valence-corrected chi connectivity index (χ4v) is 5.52. The molecule has 6 rings (SSSR count). The highest BCUT2D eigenvalue weighted by Gasteiger charge is 2.30. The number of aromatic nitrogens is 4. The van der Waals surface area contributed by atoms with Crippen LogP contribution in [0.25, 0.3) is 38.9 Å². The Balaban J connectivity index is 1.48. The van der Waals surface area contributed by atoms with E-state index in [1.807, 2.05) is 65.2 Å². The van der Waals surface area contributed by atoms with Gasteiger partial charge < -0.3 is 10.8 Å². The molecule has 0 spiro atoms. The van der Waals surface area contributed by atoms with E-state index in [9.17, 15) is 9.90 Å². The second-order valence-corrected chi connectivity index (χ2v) is 9.73. The summed E-state index contributed by atoms with van der Waals surface area (Å²) in [5.74, 6) is 0.345. The molecule has 1 saturated carbocycles. The lowest BCUT2D eigenvalue weighted by Crippen LogP contribution is -2.21. The van der Waals surface area contributed by atoms with Crippen molar-refractivity contribution in [2.45, 2.75) is 31.6 Å². The lowest BCUT2D eigenvalue weighted by molar-refractivity contribution is -0.142. The number of fused-ring (bicyclic) bond motifs is 2. The summed E-state index contributed by atoms with van der Waals surface area (Å²) in [4.78, 5) is 25.7. The predicted molar refractivity (Wildman–Crippen MR) is 141 cm³/mol. The molecule has 7 nitrogen and oxygen atoms in total. The maximum absolute atomic E-state index is 11.4. The number of nitrogens with two attached hydrogens (primary N) is 1. The Morgan fingerprint density at radius 3 is 2.56 bits per heavy atom. The van der Waals surface area contributed by atoms with Crippen LogP contribution in [0.1, 0.15) is 37.4 Å². The van der Waals surface area contributed by atoms with Crippen molar-refractivity contribution in [2.75, 3.05) is 5.73 Å². The number of imidazole rings is 1. The van der Waals surface area contributed by atoms with Crippen molar-refractivity contribution in [3.8, 4) is 22.5 Å². The minimum atomic E-state index is -0.721. The van der Waals surface area contributed by atoms with Crippen molar-refractivity contribution in [1.82, 2.24) is 19.4 Å². The second-order valence-electron chi connectivity index (χ2n) is 9.32. The molecular weight excluding hydrogens is 474 g/mol. The molecule has 1 aliphatic carbocycles. The van der Waals surface area contributed by atoms with Crippen LogP contribution in [0.2, 0.25) is 5.02 Å². The lowest BCUT2D eigenvalue weighted by atomic mass is 9.81. The Hall–Kier alpha value is -3.97. The van der Waals surface area contributed by atoms with E-state index < -0.39 is 5.97 Å². The number of carboxylic acids is 1. The smallest absolute Gasteiger partial charge is 0.306 e. The molecule has 1 aliphatic rings. The van der Waals surface area contributed by atoms with Crippen molar-refractivity contribution >= 4 is 39.8 Å². The van der Waals surface area contributed by atoms with Crippen molar-refractivity contribution in [1.29, 1.82) is 0 Å². The van der Waals surface area contributed by atoms with Crippen LogP contribution in [0.4, 0.5) is 5.82 Å². The molecule has 3 heterocycles. The highest BCUT2D eigenvalue weighted by Crippen LogP contribution is 2.41. The molecule has 0 unspecified atom stereocenters. The Morgan fingerprint density at radius 2 is 1.81 bits per heavy atom. The van der Waals surface area contributed by atoms with E-state index in [0.29, 0.717) is 34.9 Å². The van der Waals surface area contributed by atoms with Gasteiger partial charge >= 0.3 is 5.97 Å². The van der Waals surface area contributed by atoms with Crippen LogP contribution < -0.4 is 5.73 Å². The first-order valence-corrected chi connectivity index (χ1v) is 12.4. The van der Waals surface area contributed by atoms with Gasteiger partial charge in [-0.1, -0.05) is 48.0 Å². The van der Waals surface area contributed by atoms with Gasteiger partial charge in [0.15, 0.2) is 0 Å². The molecular formula is C28H24ClN5O2. The third-order valence-electron chi connectivity index (χ3n) is 7.15. The SMILES string of the molecule is Nc1nccn2c(C3CCC(C(=O)O)CC3)nc(-c3cc4nc(-c5ccccc5)ccc4cc3Cl)c12. The number of hydrogen-bond acceptors (Lipinski definition) is 5. The quantitative estimate of drug-likeness (QED) is 0.306. The summed E-state index contributed by atoms with van der Waals surface area (Å²) in [5, 5.41) is 10.9. The first-order valence-electron chi connectivity index (χ1n) is 12.0. The minimum absolute atomic E-state index is 0.130. The van der Waals surface area contributed by atoms with Crippen LogP contribution in [0.5, 0.6) is 0 Å². The number of benzene rings is 2. The number of hydrogen-bond donors (Lipinski definition) is 2. The van der Waals surface area contributed by atoms with E-state index >= 15 is 0 Å². The molecule has 0 saturated heterocycles. The maximum atomic E-state index is 11.4.